The Kier molecular flexibility index (Phi) is 4.75. The van der Waals surface area contributed by atoms with Gasteiger partial charge in [-0.05, 0) is 0 Å². The van der Waals surface area contributed by atoms with Gasteiger partial charge in [-0.15, -0.1) is 0 Å². The monoisotopic (exact) mass is 240 g/mol. The van der Waals surface area contributed by atoms with Crippen LogP contribution in [0, 0.1) is 0 Å². The molecule has 1 amide bonds. The first-order valence-electron chi connectivity index (χ1n) is 4.63. The van der Waals surface area contributed by atoms with Crippen molar-refractivity contribution in [3.05, 3.63) is 0 Å². The SMILES string of the molecule is O=C(NCC(F)(F)CO)C1CSCCN1. The minimum absolute atomic E-state index is 0.404. The van der Waals surface area contributed by atoms with Gasteiger partial charge in [-0.2, -0.15) is 11.8 Å². The number of hydrogen-bond acceptors (Lipinski definition) is 4. The van der Waals surface area contributed by atoms with Crippen molar-refractivity contribution in [2.24, 2.45) is 0 Å². The van der Waals surface area contributed by atoms with Crippen molar-refractivity contribution < 1.29 is 18.7 Å². The highest BCUT2D eigenvalue weighted by Gasteiger charge is 2.30. The number of thioether (sulfide) groups is 1. The Balaban J connectivity index is 2.28. The van der Waals surface area contributed by atoms with Gasteiger partial charge in [-0.25, -0.2) is 8.78 Å². The van der Waals surface area contributed by atoms with Crippen LogP contribution in [0.3, 0.4) is 0 Å². The molecular formula is C8H14F2N2O2S. The Morgan fingerprint density at radius 1 is 1.67 bits per heavy atom. The number of aliphatic hydroxyl groups excluding tert-OH is 1. The van der Waals surface area contributed by atoms with Crippen LogP contribution >= 0.6 is 11.8 Å². The molecule has 0 bridgehead atoms. The van der Waals surface area contributed by atoms with Crippen molar-refractivity contribution in [2.75, 3.05) is 31.2 Å². The summed E-state index contributed by atoms with van der Waals surface area (Å²) in [7, 11) is 0. The molecule has 0 saturated carbocycles. The van der Waals surface area contributed by atoms with E-state index in [4.69, 9.17) is 5.11 Å². The second kappa shape index (κ2) is 5.62. The number of hydrogen-bond donors (Lipinski definition) is 3. The van der Waals surface area contributed by atoms with E-state index in [1.54, 1.807) is 11.8 Å². The van der Waals surface area contributed by atoms with Gasteiger partial charge < -0.3 is 15.7 Å². The first kappa shape index (κ1) is 12.7. The van der Waals surface area contributed by atoms with Crippen LogP contribution in [0.5, 0.6) is 0 Å². The lowest BCUT2D eigenvalue weighted by Gasteiger charge is -2.23. The number of aliphatic hydroxyl groups is 1. The molecule has 7 heteroatoms. The fourth-order valence-electron chi connectivity index (χ4n) is 1.13. The van der Waals surface area contributed by atoms with E-state index in [1.165, 1.54) is 0 Å². The molecule has 0 spiro atoms. The third kappa shape index (κ3) is 4.31. The average molecular weight is 240 g/mol. The van der Waals surface area contributed by atoms with Crippen molar-refractivity contribution in [2.45, 2.75) is 12.0 Å². The lowest BCUT2D eigenvalue weighted by atomic mass is 10.3. The number of nitrogens with one attached hydrogen (secondary N) is 2. The quantitative estimate of drug-likeness (QED) is 0.616. The van der Waals surface area contributed by atoms with E-state index < -0.39 is 31.0 Å². The van der Waals surface area contributed by atoms with Gasteiger partial charge >= 0.3 is 0 Å². The molecule has 3 N–H and O–H groups in total. The predicted molar refractivity (Wildman–Crippen MR) is 54.2 cm³/mol. The topological polar surface area (TPSA) is 61.4 Å². The van der Waals surface area contributed by atoms with Crippen molar-refractivity contribution in [3.8, 4) is 0 Å². The summed E-state index contributed by atoms with van der Waals surface area (Å²) < 4.78 is 25.2. The van der Waals surface area contributed by atoms with Gasteiger partial charge in [-0.1, -0.05) is 0 Å². The lowest BCUT2D eigenvalue weighted by molar-refractivity contribution is -0.125. The Hall–Kier alpha value is -0.400. The Bertz CT molecular complexity index is 223. The first-order chi connectivity index (χ1) is 7.05. The largest absolute Gasteiger partial charge is 0.390 e. The van der Waals surface area contributed by atoms with Gasteiger partial charge in [0.2, 0.25) is 5.91 Å². The van der Waals surface area contributed by atoms with Crippen LogP contribution in [0.25, 0.3) is 0 Å². The molecule has 88 valence electrons. The van der Waals surface area contributed by atoms with Gasteiger partial charge in [0.1, 0.15) is 6.61 Å². The predicted octanol–water partition coefficient (Wildman–Crippen LogP) is -0.565. The third-order valence-corrected chi connectivity index (χ3v) is 3.05. The van der Waals surface area contributed by atoms with Crippen LogP contribution in [-0.4, -0.2) is 54.2 Å². The molecule has 1 atom stereocenters. The summed E-state index contributed by atoms with van der Waals surface area (Å²) in [5.74, 6) is -2.15. The molecule has 1 fully saturated rings. The summed E-state index contributed by atoms with van der Waals surface area (Å²) in [6.07, 6.45) is 0. The summed E-state index contributed by atoms with van der Waals surface area (Å²) in [4.78, 5) is 11.4. The van der Waals surface area contributed by atoms with Crippen molar-refractivity contribution in [3.63, 3.8) is 0 Å². The molecule has 1 heterocycles. The highest BCUT2D eigenvalue weighted by atomic mass is 32.2. The van der Waals surface area contributed by atoms with Gasteiger partial charge in [0.15, 0.2) is 0 Å². The normalized spacial score (nSPS) is 22.5. The molecule has 0 aliphatic carbocycles. The molecular weight excluding hydrogens is 226 g/mol. The van der Waals surface area contributed by atoms with Crippen molar-refractivity contribution >= 4 is 17.7 Å². The fourth-order valence-corrected chi connectivity index (χ4v) is 2.06. The minimum Gasteiger partial charge on any atom is -0.390 e. The molecule has 1 aliphatic rings. The molecule has 0 radical (unpaired) electrons. The molecule has 15 heavy (non-hydrogen) atoms. The summed E-state index contributed by atoms with van der Waals surface area (Å²) in [5.41, 5.74) is 0. The highest BCUT2D eigenvalue weighted by molar-refractivity contribution is 7.99. The van der Waals surface area contributed by atoms with E-state index in [-0.39, 0.29) is 0 Å². The maximum atomic E-state index is 12.6. The number of amides is 1. The van der Waals surface area contributed by atoms with E-state index >= 15 is 0 Å². The van der Waals surface area contributed by atoms with Crippen molar-refractivity contribution in [1.29, 1.82) is 0 Å². The number of carbonyl (C=O) groups excluding carboxylic acids is 1. The Morgan fingerprint density at radius 2 is 2.40 bits per heavy atom. The van der Waals surface area contributed by atoms with E-state index in [9.17, 15) is 13.6 Å². The third-order valence-electron chi connectivity index (χ3n) is 1.99. The molecule has 0 aromatic heterocycles. The van der Waals surface area contributed by atoms with E-state index in [1.807, 2.05) is 0 Å². The average Bonchev–Trinajstić information content (AvgIpc) is 2.27. The van der Waals surface area contributed by atoms with E-state index in [0.29, 0.717) is 12.3 Å². The minimum atomic E-state index is -3.24. The first-order valence-corrected chi connectivity index (χ1v) is 5.78. The molecule has 0 aromatic rings. The molecule has 1 unspecified atom stereocenters. The molecule has 1 aliphatic heterocycles. The molecule has 1 saturated heterocycles. The van der Waals surface area contributed by atoms with Crippen molar-refractivity contribution in [1.82, 2.24) is 10.6 Å². The Labute approximate surface area is 90.8 Å². The number of rotatable bonds is 4. The zero-order valence-electron chi connectivity index (χ0n) is 8.13. The molecule has 4 nitrogen and oxygen atoms in total. The van der Waals surface area contributed by atoms with Crippen LogP contribution in [0.15, 0.2) is 0 Å². The van der Waals surface area contributed by atoms with E-state index in [0.717, 1.165) is 5.75 Å². The highest BCUT2D eigenvalue weighted by Crippen LogP contribution is 2.11. The molecule has 1 rings (SSSR count). The fraction of sp³-hybridized carbons (Fsp3) is 0.875. The smallest absolute Gasteiger partial charge is 0.287 e. The maximum Gasteiger partial charge on any atom is 0.287 e. The number of halogens is 2. The van der Waals surface area contributed by atoms with Gasteiger partial charge in [0, 0.05) is 18.1 Å². The summed E-state index contributed by atoms with van der Waals surface area (Å²) in [5, 5.41) is 13.3. The van der Waals surface area contributed by atoms with E-state index in [2.05, 4.69) is 10.6 Å². The summed E-state index contributed by atoms with van der Waals surface area (Å²) in [6, 6.07) is -0.404. The number of carbonyl (C=O) groups is 1. The zero-order valence-corrected chi connectivity index (χ0v) is 8.95. The van der Waals surface area contributed by atoms with Gasteiger partial charge in [0.25, 0.3) is 5.92 Å². The van der Waals surface area contributed by atoms with Crippen LogP contribution in [0.2, 0.25) is 0 Å². The summed E-state index contributed by atoms with van der Waals surface area (Å²) in [6.45, 7) is -1.36. The molecule has 0 aromatic carbocycles. The maximum absolute atomic E-state index is 12.6. The van der Waals surface area contributed by atoms with Crippen LogP contribution in [-0.2, 0) is 4.79 Å². The number of alkyl halides is 2. The van der Waals surface area contributed by atoms with Crippen LogP contribution < -0.4 is 10.6 Å². The van der Waals surface area contributed by atoms with Crippen LogP contribution in [0.4, 0.5) is 8.78 Å². The summed E-state index contributed by atoms with van der Waals surface area (Å²) >= 11 is 1.61. The van der Waals surface area contributed by atoms with Crippen LogP contribution in [0.1, 0.15) is 0 Å². The van der Waals surface area contributed by atoms with Gasteiger partial charge in [0.05, 0.1) is 12.6 Å². The standard InChI is InChI=1S/C8H14F2N2O2S/c9-8(10,5-13)4-12-7(14)6-3-15-2-1-11-6/h6,11,13H,1-5H2,(H,12,14). The second-order valence-corrected chi connectivity index (χ2v) is 4.46. The zero-order chi connectivity index (χ0) is 11.3. The van der Waals surface area contributed by atoms with Gasteiger partial charge in [-0.3, -0.25) is 4.79 Å². The lowest BCUT2D eigenvalue weighted by Crippen LogP contribution is -2.51. The second-order valence-electron chi connectivity index (χ2n) is 3.31. The Morgan fingerprint density at radius 3 is 2.93 bits per heavy atom.